The fraction of sp³-hybridized carbons (Fsp3) is 0.738. The first-order valence-electron chi connectivity index (χ1n) is 28.9. The molecule has 0 amide bonds. The van der Waals surface area contributed by atoms with Gasteiger partial charge in [-0.15, -0.1) is 0 Å². The average Bonchev–Trinajstić information content (AvgIpc) is 3.37. The van der Waals surface area contributed by atoms with E-state index in [1.165, 1.54) is 38.5 Å². The van der Waals surface area contributed by atoms with Crippen LogP contribution in [0.3, 0.4) is 0 Å². The molecular formula is C61H102O12. The molecule has 0 bridgehead atoms. The van der Waals surface area contributed by atoms with Gasteiger partial charge in [0.05, 0.1) is 6.61 Å². The van der Waals surface area contributed by atoms with Gasteiger partial charge in [0.25, 0.3) is 0 Å². The largest absolute Gasteiger partial charge is 0.479 e. The number of ether oxygens (including phenoxy) is 5. The first-order valence-corrected chi connectivity index (χ1v) is 28.9. The minimum atomic E-state index is -1.91. The van der Waals surface area contributed by atoms with Crippen molar-refractivity contribution in [2.24, 2.45) is 0 Å². The molecule has 1 heterocycles. The van der Waals surface area contributed by atoms with Crippen molar-refractivity contribution in [2.45, 2.75) is 276 Å². The Morgan fingerprint density at radius 3 is 1.37 bits per heavy atom. The van der Waals surface area contributed by atoms with E-state index in [0.29, 0.717) is 19.3 Å². The smallest absolute Gasteiger partial charge is 0.335 e. The highest BCUT2D eigenvalue weighted by atomic mass is 16.7. The Balaban J connectivity index is 2.68. The van der Waals surface area contributed by atoms with Crippen molar-refractivity contribution in [3.63, 3.8) is 0 Å². The van der Waals surface area contributed by atoms with E-state index in [0.717, 1.165) is 141 Å². The number of rotatable bonds is 48. The molecule has 0 aromatic carbocycles. The zero-order valence-corrected chi connectivity index (χ0v) is 45.9. The summed E-state index contributed by atoms with van der Waals surface area (Å²) in [5.41, 5.74) is 0. The number of allylic oxidation sites excluding steroid dienone is 12. The molecule has 73 heavy (non-hydrogen) atoms. The van der Waals surface area contributed by atoms with Gasteiger partial charge >= 0.3 is 23.9 Å². The fourth-order valence-corrected chi connectivity index (χ4v) is 8.27. The molecule has 1 aliphatic rings. The van der Waals surface area contributed by atoms with Crippen LogP contribution >= 0.6 is 0 Å². The molecule has 1 saturated heterocycles. The molecule has 12 heteroatoms. The van der Waals surface area contributed by atoms with Gasteiger partial charge in [-0.05, 0) is 103 Å². The highest BCUT2D eigenvalue weighted by molar-refractivity contribution is 5.74. The lowest BCUT2D eigenvalue weighted by atomic mass is 9.98. The maximum absolute atomic E-state index is 13.1. The van der Waals surface area contributed by atoms with Crippen molar-refractivity contribution in [1.82, 2.24) is 0 Å². The SMILES string of the molecule is CC/C=C\C/C=C\C/C=C\C/C=C\CCCCCCCCC(=O)OC1C(OCC(COC(=O)CCCCCCC/C=C\CCCCCC)OC(=O)CCCCCCC/C=C\CCCC)OC(C(=O)O)C(O)C1O. The van der Waals surface area contributed by atoms with Gasteiger partial charge < -0.3 is 39.0 Å². The van der Waals surface area contributed by atoms with Crippen LogP contribution in [0.15, 0.2) is 72.9 Å². The van der Waals surface area contributed by atoms with Gasteiger partial charge in [0.2, 0.25) is 0 Å². The van der Waals surface area contributed by atoms with E-state index < -0.39 is 67.3 Å². The molecule has 12 nitrogen and oxygen atoms in total. The average molecular weight is 1030 g/mol. The second-order valence-corrected chi connectivity index (χ2v) is 19.5. The summed E-state index contributed by atoms with van der Waals surface area (Å²) in [6.07, 6.45) is 48.7. The lowest BCUT2D eigenvalue weighted by Gasteiger charge is -2.40. The molecule has 0 aromatic rings. The Morgan fingerprint density at radius 2 is 0.877 bits per heavy atom. The third-order valence-corrected chi connectivity index (χ3v) is 12.7. The van der Waals surface area contributed by atoms with Crippen molar-refractivity contribution in [1.29, 1.82) is 0 Å². The number of unbranched alkanes of at least 4 members (excludes halogenated alkanes) is 22. The molecule has 0 aromatic heterocycles. The summed E-state index contributed by atoms with van der Waals surface area (Å²) in [6, 6.07) is 0. The van der Waals surface area contributed by atoms with Crippen LogP contribution in [0.25, 0.3) is 0 Å². The Labute approximate surface area is 442 Å². The summed E-state index contributed by atoms with van der Waals surface area (Å²) in [5.74, 6) is -3.16. The van der Waals surface area contributed by atoms with Crippen LogP contribution < -0.4 is 0 Å². The van der Waals surface area contributed by atoms with Crippen LogP contribution in [-0.2, 0) is 42.9 Å². The molecule has 418 valence electrons. The van der Waals surface area contributed by atoms with Gasteiger partial charge in [-0.3, -0.25) is 14.4 Å². The van der Waals surface area contributed by atoms with E-state index in [4.69, 9.17) is 23.7 Å². The van der Waals surface area contributed by atoms with Crippen molar-refractivity contribution in [3.8, 4) is 0 Å². The minimum Gasteiger partial charge on any atom is -0.479 e. The number of aliphatic hydroxyl groups excluding tert-OH is 2. The summed E-state index contributed by atoms with van der Waals surface area (Å²) in [4.78, 5) is 51.0. The summed E-state index contributed by atoms with van der Waals surface area (Å²) in [5, 5.41) is 31.4. The highest BCUT2D eigenvalue weighted by Gasteiger charge is 2.50. The van der Waals surface area contributed by atoms with Gasteiger partial charge in [0.15, 0.2) is 24.6 Å². The number of carboxylic acids is 1. The highest BCUT2D eigenvalue weighted by Crippen LogP contribution is 2.26. The summed E-state index contributed by atoms with van der Waals surface area (Å²) in [7, 11) is 0. The number of esters is 3. The van der Waals surface area contributed by atoms with Gasteiger partial charge in [-0.25, -0.2) is 4.79 Å². The summed E-state index contributed by atoms with van der Waals surface area (Å²) >= 11 is 0. The third kappa shape index (κ3) is 39.3. The first-order chi connectivity index (χ1) is 35.6. The van der Waals surface area contributed by atoms with Crippen LogP contribution in [-0.4, -0.2) is 89.2 Å². The van der Waals surface area contributed by atoms with Gasteiger partial charge in [0, 0.05) is 19.3 Å². The van der Waals surface area contributed by atoms with Gasteiger partial charge in [-0.2, -0.15) is 0 Å². The first kappa shape index (κ1) is 67.2. The van der Waals surface area contributed by atoms with Crippen LogP contribution in [0.4, 0.5) is 0 Å². The standard InChI is InChI=1S/C61H102O12/c1-4-7-10-13-16-19-22-24-25-26-27-28-29-31-34-37-40-43-46-49-55(64)72-59-57(66)56(65)58(60(67)68)73-61(59)70-51-52(71-54(63)48-45-42-39-36-32-21-18-15-12-9-6-3)50-69-53(62)47-44-41-38-35-33-30-23-20-17-14-11-8-5-2/h7,10,15-16,18-20,23-25,27-28,52,56-59,61,65-66H,4-6,8-9,11-14,17,21-22,26,29-51H2,1-3H3,(H,67,68)/b10-7-,18-15-,19-16-,23-20-,25-24-,28-27-. The molecule has 1 aliphatic heterocycles. The van der Waals surface area contributed by atoms with Crippen molar-refractivity contribution >= 4 is 23.9 Å². The molecule has 6 atom stereocenters. The Hall–Kier alpha value is -3.84. The van der Waals surface area contributed by atoms with Crippen LogP contribution in [0, 0.1) is 0 Å². The number of carbonyl (C=O) groups is 4. The summed E-state index contributed by atoms with van der Waals surface area (Å²) in [6.45, 7) is 5.80. The number of aliphatic carboxylic acids is 1. The molecule has 3 N–H and O–H groups in total. The number of carbonyl (C=O) groups excluding carboxylic acids is 3. The van der Waals surface area contributed by atoms with Crippen molar-refractivity contribution in [2.75, 3.05) is 13.2 Å². The van der Waals surface area contributed by atoms with E-state index in [-0.39, 0.29) is 25.9 Å². The third-order valence-electron chi connectivity index (χ3n) is 12.7. The number of hydrogen-bond acceptors (Lipinski definition) is 11. The Bertz CT molecular complexity index is 1550. The van der Waals surface area contributed by atoms with Crippen molar-refractivity contribution < 1.29 is 58.2 Å². The zero-order chi connectivity index (χ0) is 53.3. The number of hydrogen-bond donors (Lipinski definition) is 3. The number of aliphatic hydroxyl groups is 2. The molecule has 6 unspecified atom stereocenters. The predicted molar refractivity (Wildman–Crippen MR) is 294 cm³/mol. The zero-order valence-electron chi connectivity index (χ0n) is 45.9. The maximum atomic E-state index is 13.1. The van der Waals surface area contributed by atoms with Crippen LogP contribution in [0.5, 0.6) is 0 Å². The molecular weight excluding hydrogens is 925 g/mol. The topological polar surface area (TPSA) is 175 Å². The molecule has 0 radical (unpaired) electrons. The lowest BCUT2D eigenvalue weighted by Crippen LogP contribution is -2.61. The van der Waals surface area contributed by atoms with Crippen LogP contribution in [0.2, 0.25) is 0 Å². The van der Waals surface area contributed by atoms with E-state index in [9.17, 15) is 34.5 Å². The second kappa shape index (κ2) is 49.1. The quantitative estimate of drug-likeness (QED) is 0.0228. The van der Waals surface area contributed by atoms with E-state index in [1.807, 2.05) is 0 Å². The molecule has 1 fully saturated rings. The molecule has 1 rings (SSSR count). The molecule has 0 aliphatic carbocycles. The van der Waals surface area contributed by atoms with Gasteiger partial charge in [0.1, 0.15) is 18.8 Å². The molecule has 0 saturated carbocycles. The van der Waals surface area contributed by atoms with Crippen LogP contribution in [0.1, 0.15) is 239 Å². The summed E-state index contributed by atoms with van der Waals surface area (Å²) < 4.78 is 28.3. The lowest BCUT2D eigenvalue weighted by molar-refractivity contribution is -0.301. The maximum Gasteiger partial charge on any atom is 0.335 e. The second-order valence-electron chi connectivity index (χ2n) is 19.5. The monoisotopic (exact) mass is 1030 g/mol. The Morgan fingerprint density at radius 1 is 0.466 bits per heavy atom. The molecule has 0 spiro atoms. The van der Waals surface area contributed by atoms with E-state index in [2.05, 4.69) is 93.7 Å². The van der Waals surface area contributed by atoms with E-state index >= 15 is 0 Å². The van der Waals surface area contributed by atoms with E-state index in [1.54, 1.807) is 0 Å². The fourth-order valence-electron chi connectivity index (χ4n) is 8.27. The van der Waals surface area contributed by atoms with Gasteiger partial charge in [-0.1, -0.05) is 190 Å². The Kier molecular flexibility index (Phi) is 45.1. The number of carboxylic acid groups (broad SMARTS) is 1. The minimum absolute atomic E-state index is 0.0409. The van der Waals surface area contributed by atoms with Crippen molar-refractivity contribution in [3.05, 3.63) is 72.9 Å². The normalized spacial score (nSPS) is 18.8. The predicted octanol–water partition coefficient (Wildman–Crippen LogP) is 14.6.